The number of amides is 1. The fraction of sp³-hybridized carbons (Fsp3) is 0.0769. The molecule has 0 saturated carbocycles. The quantitative estimate of drug-likeness (QED) is 0.868. The SMILES string of the molecule is O=C(NCc1ccccn1)c1cc(F)ccc1O. The third kappa shape index (κ3) is 2.82. The lowest BCUT2D eigenvalue weighted by molar-refractivity contribution is 0.0947. The summed E-state index contributed by atoms with van der Waals surface area (Å²) < 4.78 is 13.0. The number of carbonyl (C=O) groups is 1. The number of nitrogens with one attached hydrogen (secondary N) is 1. The first-order chi connectivity index (χ1) is 8.66. The maximum atomic E-state index is 13.0. The molecular weight excluding hydrogens is 235 g/mol. The second-order valence-electron chi connectivity index (χ2n) is 3.67. The number of pyridine rings is 1. The molecule has 0 fully saturated rings. The number of rotatable bonds is 3. The summed E-state index contributed by atoms with van der Waals surface area (Å²) in [4.78, 5) is 15.8. The Labute approximate surface area is 103 Å². The molecule has 1 aromatic carbocycles. The summed E-state index contributed by atoms with van der Waals surface area (Å²) >= 11 is 0. The van der Waals surface area contributed by atoms with Gasteiger partial charge in [0.05, 0.1) is 17.8 Å². The van der Waals surface area contributed by atoms with Crippen LogP contribution >= 0.6 is 0 Å². The molecule has 2 rings (SSSR count). The lowest BCUT2D eigenvalue weighted by atomic mass is 10.2. The maximum Gasteiger partial charge on any atom is 0.255 e. The Morgan fingerprint density at radius 3 is 2.89 bits per heavy atom. The Kier molecular flexibility index (Phi) is 3.52. The van der Waals surface area contributed by atoms with Crippen LogP contribution in [0.5, 0.6) is 5.75 Å². The van der Waals surface area contributed by atoms with Gasteiger partial charge in [0, 0.05) is 6.20 Å². The molecule has 0 aliphatic carbocycles. The van der Waals surface area contributed by atoms with Gasteiger partial charge in [-0.05, 0) is 30.3 Å². The molecule has 4 nitrogen and oxygen atoms in total. The molecule has 2 N–H and O–H groups in total. The van der Waals surface area contributed by atoms with Gasteiger partial charge in [-0.2, -0.15) is 0 Å². The van der Waals surface area contributed by atoms with E-state index < -0.39 is 11.7 Å². The van der Waals surface area contributed by atoms with Crippen molar-refractivity contribution < 1.29 is 14.3 Å². The summed E-state index contributed by atoms with van der Waals surface area (Å²) in [7, 11) is 0. The molecule has 0 aliphatic rings. The molecule has 1 amide bonds. The van der Waals surface area contributed by atoms with Gasteiger partial charge < -0.3 is 10.4 Å². The van der Waals surface area contributed by atoms with Crippen molar-refractivity contribution in [2.45, 2.75) is 6.54 Å². The zero-order valence-electron chi connectivity index (χ0n) is 9.43. The highest BCUT2D eigenvalue weighted by Crippen LogP contribution is 2.17. The summed E-state index contributed by atoms with van der Waals surface area (Å²) in [5.41, 5.74) is 0.590. The number of aromatic nitrogens is 1. The average Bonchev–Trinajstić information content (AvgIpc) is 2.40. The number of aromatic hydroxyl groups is 1. The van der Waals surface area contributed by atoms with Crippen LogP contribution in [0.15, 0.2) is 42.6 Å². The first kappa shape index (κ1) is 12.0. The van der Waals surface area contributed by atoms with E-state index in [9.17, 15) is 14.3 Å². The number of phenolic OH excluding ortho intramolecular Hbond substituents is 1. The van der Waals surface area contributed by atoms with Crippen molar-refractivity contribution in [1.29, 1.82) is 0 Å². The molecule has 1 heterocycles. The van der Waals surface area contributed by atoms with Gasteiger partial charge in [0.25, 0.3) is 5.91 Å². The van der Waals surface area contributed by atoms with Gasteiger partial charge in [-0.25, -0.2) is 4.39 Å². The van der Waals surface area contributed by atoms with Crippen LogP contribution in [0.3, 0.4) is 0 Å². The van der Waals surface area contributed by atoms with Crippen LogP contribution in [0.1, 0.15) is 16.1 Å². The van der Waals surface area contributed by atoms with E-state index in [1.165, 1.54) is 0 Å². The molecule has 92 valence electrons. The summed E-state index contributed by atoms with van der Waals surface area (Å²) in [5.74, 6) is -1.37. The van der Waals surface area contributed by atoms with E-state index in [1.54, 1.807) is 24.4 Å². The monoisotopic (exact) mass is 246 g/mol. The molecule has 0 spiro atoms. The van der Waals surface area contributed by atoms with Crippen molar-refractivity contribution in [2.24, 2.45) is 0 Å². The Bertz CT molecular complexity index is 558. The van der Waals surface area contributed by atoms with Crippen molar-refractivity contribution in [2.75, 3.05) is 0 Å². The largest absolute Gasteiger partial charge is 0.507 e. The smallest absolute Gasteiger partial charge is 0.255 e. The highest BCUT2D eigenvalue weighted by Gasteiger charge is 2.11. The van der Waals surface area contributed by atoms with Crippen molar-refractivity contribution in [3.63, 3.8) is 0 Å². The van der Waals surface area contributed by atoms with E-state index >= 15 is 0 Å². The summed E-state index contributed by atoms with van der Waals surface area (Å²) in [5, 5.41) is 12.0. The number of benzene rings is 1. The maximum absolute atomic E-state index is 13.0. The van der Waals surface area contributed by atoms with Gasteiger partial charge in [-0.1, -0.05) is 6.07 Å². The minimum Gasteiger partial charge on any atom is -0.507 e. The zero-order valence-corrected chi connectivity index (χ0v) is 9.43. The molecule has 0 atom stereocenters. The Balaban J connectivity index is 2.06. The van der Waals surface area contributed by atoms with Crippen LogP contribution in [-0.2, 0) is 6.54 Å². The van der Waals surface area contributed by atoms with E-state index in [0.717, 1.165) is 18.2 Å². The van der Waals surface area contributed by atoms with E-state index in [2.05, 4.69) is 10.3 Å². The van der Waals surface area contributed by atoms with Crippen molar-refractivity contribution in [3.8, 4) is 5.75 Å². The van der Waals surface area contributed by atoms with Gasteiger partial charge in [0.15, 0.2) is 0 Å². The van der Waals surface area contributed by atoms with Crippen LogP contribution in [0, 0.1) is 5.82 Å². The fourth-order valence-corrected chi connectivity index (χ4v) is 1.46. The zero-order chi connectivity index (χ0) is 13.0. The second-order valence-corrected chi connectivity index (χ2v) is 3.67. The van der Waals surface area contributed by atoms with Crippen LogP contribution in [0.4, 0.5) is 4.39 Å². The van der Waals surface area contributed by atoms with E-state index in [4.69, 9.17) is 0 Å². The van der Waals surface area contributed by atoms with Crippen LogP contribution in [0.2, 0.25) is 0 Å². The minimum absolute atomic E-state index is 0.0917. The predicted molar refractivity (Wildman–Crippen MR) is 63.5 cm³/mol. The standard InChI is InChI=1S/C13H11FN2O2/c14-9-4-5-12(17)11(7-9)13(18)16-8-10-3-1-2-6-15-10/h1-7,17H,8H2,(H,16,18). The lowest BCUT2D eigenvalue weighted by Gasteiger charge is -2.06. The molecule has 0 aliphatic heterocycles. The average molecular weight is 246 g/mol. The molecule has 0 bridgehead atoms. The van der Waals surface area contributed by atoms with Gasteiger partial charge >= 0.3 is 0 Å². The lowest BCUT2D eigenvalue weighted by Crippen LogP contribution is -2.23. The minimum atomic E-state index is -0.573. The molecular formula is C13H11FN2O2. The van der Waals surface area contributed by atoms with Crippen molar-refractivity contribution in [3.05, 3.63) is 59.7 Å². The summed E-state index contributed by atoms with van der Waals surface area (Å²) in [6.45, 7) is 0.218. The molecule has 2 aromatic rings. The van der Waals surface area contributed by atoms with Crippen LogP contribution in [-0.4, -0.2) is 16.0 Å². The highest BCUT2D eigenvalue weighted by atomic mass is 19.1. The van der Waals surface area contributed by atoms with E-state index in [1.807, 2.05) is 0 Å². The van der Waals surface area contributed by atoms with Gasteiger partial charge in [-0.15, -0.1) is 0 Å². The topological polar surface area (TPSA) is 62.2 Å². The fourth-order valence-electron chi connectivity index (χ4n) is 1.46. The molecule has 0 radical (unpaired) electrons. The molecule has 1 aromatic heterocycles. The van der Waals surface area contributed by atoms with Gasteiger partial charge in [0.2, 0.25) is 0 Å². The number of hydrogen-bond donors (Lipinski definition) is 2. The first-order valence-electron chi connectivity index (χ1n) is 5.33. The number of phenols is 1. The molecule has 5 heteroatoms. The van der Waals surface area contributed by atoms with Gasteiger partial charge in [0.1, 0.15) is 11.6 Å². The summed E-state index contributed by atoms with van der Waals surface area (Å²) in [6.07, 6.45) is 1.61. The molecule has 18 heavy (non-hydrogen) atoms. The Hall–Kier alpha value is -2.43. The second kappa shape index (κ2) is 5.27. The third-order valence-corrected chi connectivity index (χ3v) is 2.36. The van der Waals surface area contributed by atoms with Crippen molar-refractivity contribution >= 4 is 5.91 Å². The predicted octanol–water partition coefficient (Wildman–Crippen LogP) is 1.86. The molecule has 0 saturated heterocycles. The third-order valence-electron chi connectivity index (χ3n) is 2.36. The van der Waals surface area contributed by atoms with E-state index in [0.29, 0.717) is 5.69 Å². The summed E-state index contributed by atoms with van der Waals surface area (Å²) in [6, 6.07) is 8.54. The number of halogens is 1. The highest BCUT2D eigenvalue weighted by molar-refractivity contribution is 5.96. The normalized spacial score (nSPS) is 10.1. The van der Waals surface area contributed by atoms with Gasteiger partial charge in [-0.3, -0.25) is 9.78 Å². The molecule has 0 unspecified atom stereocenters. The number of carbonyl (C=O) groups excluding carboxylic acids is 1. The number of nitrogens with zero attached hydrogens (tertiary/aromatic N) is 1. The Morgan fingerprint density at radius 1 is 1.33 bits per heavy atom. The van der Waals surface area contributed by atoms with E-state index in [-0.39, 0.29) is 17.9 Å². The Morgan fingerprint density at radius 2 is 2.17 bits per heavy atom. The number of hydrogen-bond acceptors (Lipinski definition) is 3. The van der Waals surface area contributed by atoms with Crippen LogP contribution in [0.25, 0.3) is 0 Å². The van der Waals surface area contributed by atoms with Crippen molar-refractivity contribution in [1.82, 2.24) is 10.3 Å². The first-order valence-corrected chi connectivity index (χ1v) is 5.33. The van der Waals surface area contributed by atoms with Crippen LogP contribution < -0.4 is 5.32 Å².